The summed E-state index contributed by atoms with van der Waals surface area (Å²) < 4.78 is 28.4. The van der Waals surface area contributed by atoms with E-state index in [-0.39, 0.29) is 25.9 Å². The molecule has 77 heavy (non-hydrogen) atoms. The van der Waals surface area contributed by atoms with E-state index >= 15 is 0 Å². The molecule has 12 heteroatoms. The minimum atomic E-state index is -1.92. The van der Waals surface area contributed by atoms with Crippen LogP contribution in [0, 0.1) is 0 Å². The summed E-state index contributed by atoms with van der Waals surface area (Å²) in [7, 11) is 0. The molecule has 6 atom stereocenters. The first-order chi connectivity index (χ1) is 37.6. The Balaban J connectivity index is 2.72. The van der Waals surface area contributed by atoms with Crippen LogP contribution in [0.4, 0.5) is 0 Å². The van der Waals surface area contributed by atoms with Crippen LogP contribution < -0.4 is 0 Å². The van der Waals surface area contributed by atoms with Crippen molar-refractivity contribution in [3.8, 4) is 0 Å². The van der Waals surface area contributed by atoms with Crippen molar-refractivity contribution < 1.29 is 58.2 Å². The topological polar surface area (TPSA) is 175 Å². The number of hydrogen-bond donors (Lipinski definition) is 3. The number of allylic oxidation sites excluding steroid dienone is 18. The Morgan fingerprint density at radius 2 is 0.818 bits per heavy atom. The van der Waals surface area contributed by atoms with Gasteiger partial charge in [0.05, 0.1) is 6.61 Å². The van der Waals surface area contributed by atoms with Gasteiger partial charge in [-0.15, -0.1) is 0 Å². The average Bonchev–Trinajstić information content (AvgIpc) is 3.42. The molecule has 1 heterocycles. The first-order valence-corrected chi connectivity index (χ1v) is 29.9. The van der Waals surface area contributed by atoms with Gasteiger partial charge in [0, 0.05) is 19.3 Å². The van der Waals surface area contributed by atoms with Gasteiger partial charge in [-0.25, -0.2) is 4.79 Å². The monoisotopic (exact) mass is 1080 g/mol. The number of aliphatic carboxylic acids is 1. The van der Waals surface area contributed by atoms with E-state index in [1.807, 2.05) is 0 Å². The van der Waals surface area contributed by atoms with Gasteiger partial charge in [-0.2, -0.15) is 0 Å². The molecule has 0 spiro atoms. The van der Waals surface area contributed by atoms with Gasteiger partial charge in [0.2, 0.25) is 0 Å². The minimum absolute atomic E-state index is 0.0228. The molecule has 1 aliphatic rings. The predicted octanol–water partition coefficient (Wildman–Crippen LogP) is 15.4. The molecule has 0 radical (unpaired) electrons. The van der Waals surface area contributed by atoms with Crippen LogP contribution in [0.1, 0.15) is 226 Å². The molecule has 0 amide bonds. The SMILES string of the molecule is CC/C=C\C/C=C\C/C=C\C/C=C\CCCCCCC(=O)OC1C(OCC(COC(=O)CCCCCCCCC/C=C\C/C=C\CCCCC)OC(=O)CCCCC/C=C\C/C=C\C/C=C\CC)OC(C(=O)O)C(O)C1O. The van der Waals surface area contributed by atoms with Crippen molar-refractivity contribution in [2.75, 3.05) is 13.2 Å². The zero-order valence-electron chi connectivity index (χ0n) is 47.9. The van der Waals surface area contributed by atoms with Crippen LogP contribution in [0.5, 0.6) is 0 Å². The van der Waals surface area contributed by atoms with E-state index in [0.29, 0.717) is 19.3 Å². The number of aliphatic hydroxyl groups excluding tert-OH is 2. The number of hydrogen-bond acceptors (Lipinski definition) is 11. The molecule has 0 aromatic heterocycles. The summed E-state index contributed by atoms with van der Waals surface area (Å²) in [6.07, 6.45) is 57.7. The standard InChI is InChI=1S/C65H104O12/c1-4-7-10-13-16-19-22-25-27-29-31-34-36-39-42-45-48-51-57(66)73-54-56(75-58(67)52-49-46-43-40-37-33-24-21-18-15-12-9-6-3)55-74-65-63(61(70)60(69)62(77-65)64(71)72)76-59(68)53-50-47-44-41-38-35-32-30-28-26-23-20-17-14-11-8-5-2/h8-9,11-12,16-21,25-28,32-33,35,37,56,60-63,65,69-70H,4-7,10,13-15,22-24,29-31,34,36,38-55H2,1-3H3,(H,71,72)/b11-8-,12-9-,19-16-,20-17-,21-18-,27-25-,28-26-,35-32-,37-33-. The lowest BCUT2D eigenvalue weighted by Gasteiger charge is -2.40. The van der Waals surface area contributed by atoms with Crippen LogP contribution >= 0.6 is 0 Å². The maximum atomic E-state index is 13.1. The Kier molecular flexibility index (Phi) is 47.6. The van der Waals surface area contributed by atoms with Crippen molar-refractivity contribution in [3.05, 3.63) is 109 Å². The van der Waals surface area contributed by atoms with E-state index in [9.17, 15) is 34.5 Å². The van der Waals surface area contributed by atoms with Crippen LogP contribution in [0.15, 0.2) is 109 Å². The van der Waals surface area contributed by atoms with Gasteiger partial charge in [0.1, 0.15) is 18.8 Å². The molecule has 0 bridgehead atoms. The van der Waals surface area contributed by atoms with E-state index in [4.69, 9.17) is 23.7 Å². The van der Waals surface area contributed by atoms with Crippen molar-refractivity contribution in [1.82, 2.24) is 0 Å². The number of rotatable bonds is 49. The third-order valence-corrected chi connectivity index (χ3v) is 12.8. The largest absolute Gasteiger partial charge is 0.479 e. The first-order valence-electron chi connectivity index (χ1n) is 29.9. The number of unbranched alkanes of at least 4 members (excludes halogenated alkanes) is 17. The number of aliphatic hydroxyl groups is 2. The Labute approximate surface area is 465 Å². The fourth-order valence-corrected chi connectivity index (χ4v) is 8.28. The second-order valence-corrected chi connectivity index (χ2v) is 19.9. The quantitative estimate of drug-likeness (QED) is 0.0228. The van der Waals surface area contributed by atoms with E-state index < -0.39 is 67.3 Å². The highest BCUT2D eigenvalue weighted by atomic mass is 16.7. The minimum Gasteiger partial charge on any atom is -0.479 e. The molecule has 0 aliphatic carbocycles. The zero-order chi connectivity index (χ0) is 56.1. The van der Waals surface area contributed by atoms with E-state index in [0.717, 1.165) is 128 Å². The van der Waals surface area contributed by atoms with Crippen LogP contribution in [-0.2, 0) is 42.9 Å². The number of esters is 3. The molecule has 1 fully saturated rings. The summed E-state index contributed by atoms with van der Waals surface area (Å²) in [5.41, 5.74) is 0. The van der Waals surface area contributed by atoms with Crippen molar-refractivity contribution in [2.24, 2.45) is 0 Å². The maximum absolute atomic E-state index is 13.1. The summed E-state index contributed by atoms with van der Waals surface area (Å²) in [6.45, 7) is 5.69. The molecule has 0 aromatic rings. The summed E-state index contributed by atoms with van der Waals surface area (Å²) in [6, 6.07) is 0. The van der Waals surface area contributed by atoms with Crippen molar-refractivity contribution >= 4 is 23.9 Å². The lowest BCUT2D eigenvalue weighted by molar-refractivity contribution is -0.301. The molecule has 3 N–H and O–H groups in total. The Hall–Kier alpha value is -4.62. The van der Waals surface area contributed by atoms with Gasteiger partial charge in [-0.3, -0.25) is 14.4 Å². The molecule has 6 unspecified atom stereocenters. The molecule has 12 nitrogen and oxygen atoms in total. The van der Waals surface area contributed by atoms with E-state index in [2.05, 4.69) is 130 Å². The first kappa shape index (κ1) is 70.4. The highest BCUT2D eigenvalue weighted by molar-refractivity contribution is 5.74. The molecule has 1 saturated heterocycles. The summed E-state index contributed by atoms with van der Waals surface area (Å²) in [5, 5.41) is 31.5. The number of carbonyl (C=O) groups excluding carboxylic acids is 3. The normalized spacial score (nSPS) is 18.8. The molecule has 0 aromatic carbocycles. The number of ether oxygens (including phenoxy) is 5. The Bertz CT molecular complexity index is 1750. The summed E-state index contributed by atoms with van der Waals surface area (Å²) in [5.74, 6) is -3.21. The zero-order valence-corrected chi connectivity index (χ0v) is 47.9. The lowest BCUT2D eigenvalue weighted by Crippen LogP contribution is -2.61. The Morgan fingerprint density at radius 1 is 0.442 bits per heavy atom. The average molecular weight is 1080 g/mol. The predicted molar refractivity (Wildman–Crippen MR) is 312 cm³/mol. The molecular formula is C65H104O12. The van der Waals surface area contributed by atoms with Crippen molar-refractivity contribution in [1.29, 1.82) is 0 Å². The Morgan fingerprint density at radius 3 is 1.26 bits per heavy atom. The maximum Gasteiger partial charge on any atom is 0.335 e. The number of carboxylic acid groups (broad SMARTS) is 1. The van der Waals surface area contributed by atoms with Gasteiger partial charge in [0.15, 0.2) is 24.6 Å². The molecule has 436 valence electrons. The van der Waals surface area contributed by atoms with Gasteiger partial charge < -0.3 is 39.0 Å². The van der Waals surface area contributed by atoms with Crippen LogP contribution in [0.25, 0.3) is 0 Å². The van der Waals surface area contributed by atoms with Gasteiger partial charge in [-0.05, 0) is 122 Å². The van der Waals surface area contributed by atoms with Gasteiger partial charge in [-0.1, -0.05) is 194 Å². The van der Waals surface area contributed by atoms with Crippen LogP contribution in [0.3, 0.4) is 0 Å². The molecule has 1 rings (SSSR count). The fraction of sp³-hybridized carbons (Fsp3) is 0.662. The number of carboxylic acids is 1. The van der Waals surface area contributed by atoms with Gasteiger partial charge in [0.25, 0.3) is 0 Å². The van der Waals surface area contributed by atoms with Crippen molar-refractivity contribution in [2.45, 2.75) is 263 Å². The highest BCUT2D eigenvalue weighted by Crippen LogP contribution is 2.26. The lowest BCUT2D eigenvalue weighted by atomic mass is 9.98. The number of carbonyl (C=O) groups is 4. The van der Waals surface area contributed by atoms with E-state index in [1.54, 1.807) is 0 Å². The smallest absolute Gasteiger partial charge is 0.335 e. The summed E-state index contributed by atoms with van der Waals surface area (Å²) >= 11 is 0. The van der Waals surface area contributed by atoms with Crippen molar-refractivity contribution in [3.63, 3.8) is 0 Å². The van der Waals surface area contributed by atoms with Crippen LogP contribution in [-0.4, -0.2) is 89.2 Å². The van der Waals surface area contributed by atoms with Gasteiger partial charge >= 0.3 is 23.9 Å². The third-order valence-electron chi connectivity index (χ3n) is 12.8. The van der Waals surface area contributed by atoms with Crippen LogP contribution in [0.2, 0.25) is 0 Å². The molecule has 1 aliphatic heterocycles. The molecule has 0 saturated carbocycles. The second kappa shape index (κ2) is 52.1. The second-order valence-electron chi connectivity index (χ2n) is 19.9. The van der Waals surface area contributed by atoms with E-state index in [1.165, 1.54) is 38.5 Å². The molecular weight excluding hydrogens is 973 g/mol. The summed E-state index contributed by atoms with van der Waals surface area (Å²) in [4.78, 5) is 51.1. The fourth-order valence-electron chi connectivity index (χ4n) is 8.28. The third kappa shape index (κ3) is 42.1. The highest BCUT2D eigenvalue weighted by Gasteiger charge is 2.50.